The first-order chi connectivity index (χ1) is 9.36. The van der Waals surface area contributed by atoms with E-state index in [1.807, 2.05) is 18.2 Å². The lowest BCUT2D eigenvalue weighted by atomic mass is 10.1. The molecule has 1 N–H and O–H groups in total. The molecule has 1 aromatic carbocycles. The van der Waals surface area contributed by atoms with Crippen LogP contribution in [0.1, 0.15) is 63.9 Å². The molecule has 0 aliphatic heterocycles. The molecular formula is C18H27N. The molecule has 0 fully saturated rings. The van der Waals surface area contributed by atoms with Crippen LogP contribution in [-0.4, -0.2) is 6.54 Å². The van der Waals surface area contributed by atoms with Crippen LogP contribution in [0.2, 0.25) is 0 Å². The van der Waals surface area contributed by atoms with E-state index in [0.717, 1.165) is 17.8 Å². The summed E-state index contributed by atoms with van der Waals surface area (Å²) in [6.07, 6.45) is 16.3. The van der Waals surface area contributed by atoms with Gasteiger partial charge in [0.15, 0.2) is 0 Å². The van der Waals surface area contributed by atoms with E-state index < -0.39 is 0 Å². The summed E-state index contributed by atoms with van der Waals surface area (Å²) in [5, 5.41) is 3.44. The molecular weight excluding hydrogens is 230 g/mol. The SMILES string of the molecule is C#Cc1cccc(NCCCCCCCCCC)c1. The van der Waals surface area contributed by atoms with Gasteiger partial charge in [0.1, 0.15) is 0 Å². The Bertz CT molecular complexity index is 376. The molecule has 1 rings (SSSR count). The molecule has 0 radical (unpaired) electrons. The molecule has 0 bridgehead atoms. The van der Waals surface area contributed by atoms with Crippen molar-refractivity contribution in [1.82, 2.24) is 0 Å². The second kappa shape index (κ2) is 10.5. The maximum atomic E-state index is 5.39. The summed E-state index contributed by atoms with van der Waals surface area (Å²) in [5.41, 5.74) is 2.08. The summed E-state index contributed by atoms with van der Waals surface area (Å²) in [7, 11) is 0. The predicted molar refractivity (Wildman–Crippen MR) is 85.5 cm³/mol. The summed E-state index contributed by atoms with van der Waals surface area (Å²) in [4.78, 5) is 0. The molecule has 0 aliphatic rings. The number of hydrogen-bond donors (Lipinski definition) is 1. The molecule has 19 heavy (non-hydrogen) atoms. The monoisotopic (exact) mass is 257 g/mol. The number of benzene rings is 1. The van der Waals surface area contributed by atoms with Gasteiger partial charge in [-0.1, -0.05) is 63.9 Å². The molecule has 1 heteroatoms. The molecule has 0 amide bonds. The first-order valence-electron chi connectivity index (χ1n) is 7.67. The third-order valence-corrected chi connectivity index (χ3v) is 3.39. The van der Waals surface area contributed by atoms with Gasteiger partial charge in [0.2, 0.25) is 0 Å². The quantitative estimate of drug-likeness (QED) is 0.447. The van der Waals surface area contributed by atoms with Crippen LogP contribution in [0.4, 0.5) is 5.69 Å². The number of rotatable bonds is 10. The minimum atomic E-state index is 0.945. The van der Waals surface area contributed by atoms with Gasteiger partial charge in [0.05, 0.1) is 0 Å². The fraction of sp³-hybridized carbons (Fsp3) is 0.556. The smallest absolute Gasteiger partial charge is 0.0352 e. The predicted octanol–water partition coefficient (Wildman–Crippen LogP) is 5.22. The number of terminal acetylenes is 1. The van der Waals surface area contributed by atoms with Gasteiger partial charge < -0.3 is 5.32 Å². The van der Waals surface area contributed by atoms with Crippen molar-refractivity contribution in [2.45, 2.75) is 58.3 Å². The van der Waals surface area contributed by atoms with Gasteiger partial charge in [0.25, 0.3) is 0 Å². The Labute approximate surface area is 118 Å². The van der Waals surface area contributed by atoms with Gasteiger partial charge in [-0.3, -0.25) is 0 Å². The van der Waals surface area contributed by atoms with E-state index in [1.165, 1.54) is 51.4 Å². The van der Waals surface area contributed by atoms with Crippen LogP contribution in [0.25, 0.3) is 0 Å². The Morgan fingerprint density at radius 2 is 1.68 bits per heavy atom. The van der Waals surface area contributed by atoms with Crippen molar-refractivity contribution in [2.24, 2.45) is 0 Å². The maximum Gasteiger partial charge on any atom is 0.0352 e. The van der Waals surface area contributed by atoms with Gasteiger partial charge in [-0.05, 0) is 24.6 Å². The van der Waals surface area contributed by atoms with Gasteiger partial charge in [0, 0.05) is 17.8 Å². The zero-order chi connectivity index (χ0) is 13.8. The normalized spacial score (nSPS) is 10.1. The van der Waals surface area contributed by atoms with Crippen LogP contribution in [0.3, 0.4) is 0 Å². The van der Waals surface area contributed by atoms with E-state index >= 15 is 0 Å². The highest BCUT2D eigenvalue weighted by atomic mass is 14.9. The molecule has 1 aromatic rings. The number of nitrogens with one attached hydrogen (secondary N) is 1. The second-order valence-electron chi connectivity index (χ2n) is 5.13. The molecule has 0 spiro atoms. The Balaban J connectivity index is 2.00. The average Bonchev–Trinajstić information content (AvgIpc) is 2.46. The van der Waals surface area contributed by atoms with Crippen molar-refractivity contribution in [3.05, 3.63) is 29.8 Å². The Hall–Kier alpha value is -1.42. The lowest BCUT2D eigenvalue weighted by molar-refractivity contribution is 0.581. The van der Waals surface area contributed by atoms with Crippen molar-refractivity contribution in [1.29, 1.82) is 0 Å². The maximum absolute atomic E-state index is 5.39. The third-order valence-electron chi connectivity index (χ3n) is 3.39. The molecule has 0 aliphatic carbocycles. The second-order valence-corrected chi connectivity index (χ2v) is 5.13. The molecule has 104 valence electrons. The van der Waals surface area contributed by atoms with Crippen LogP contribution in [0.5, 0.6) is 0 Å². The summed E-state index contributed by atoms with van der Waals surface area (Å²) >= 11 is 0. The molecule has 0 unspecified atom stereocenters. The minimum absolute atomic E-state index is 0.945. The van der Waals surface area contributed by atoms with Crippen molar-refractivity contribution < 1.29 is 0 Å². The largest absolute Gasteiger partial charge is 0.385 e. The number of unbranched alkanes of at least 4 members (excludes halogenated alkanes) is 7. The zero-order valence-corrected chi connectivity index (χ0v) is 12.3. The standard InChI is InChI=1S/C18H27N/c1-3-5-6-7-8-9-10-11-15-19-18-14-12-13-17(4-2)16-18/h2,12-14,16,19H,3,5-11,15H2,1H3. The molecule has 0 heterocycles. The fourth-order valence-electron chi connectivity index (χ4n) is 2.21. The van der Waals surface area contributed by atoms with E-state index in [9.17, 15) is 0 Å². The molecule has 1 nitrogen and oxygen atoms in total. The molecule has 0 saturated carbocycles. The zero-order valence-electron chi connectivity index (χ0n) is 12.3. The van der Waals surface area contributed by atoms with Gasteiger partial charge >= 0.3 is 0 Å². The third kappa shape index (κ3) is 7.57. The lowest BCUT2D eigenvalue weighted by Crippen LogP contribution is -2.01. The highest BCUT2D eigenvalue weighted by molar-refractivity contribution is 5.49. The van der Waals surface area contributed by atoms with Crippen LogP contribution < -0.4 is 5.32 Å². The van der Waals surface area contributed by atoms with Crippen LogP contribution in [0, 0.1) is 12.3 Å². The number of hydrogen-bond acceptors (Lipinski definition) is 1. The van der Waals surface area contributed by atoms with E-state index in [4.69, 9.17) is 6.42 Å². The van der Waals surface area contributed by atoms with E-state index in [0.29, 0.717) is 0 Å². The fourth-order valence-corrected chi connectivity index (χ4v) is 2.21. The van der Waals surface area contributed by atoms with Gasteiger partial charge in [-0.25, -0.2) is 0 Å². The van der Waals surface area contributed by atoms with E-state index in [2.05, 4.69) is 24.2 Å². The molecule has 0 saturated heterocycles. The van der Waals surface area contributed by atoms with Crippen LogP contribution >= 0.6 is 0 Å². The Kier molecular flexibility index (Phi) is 8.64. The topological polar surface area (TPSA) is 12.0 Å². The Morgan fingerprint density at radius 1 is 1.00 bits per heavy atom. The molecule has 0 atom stereocenters. The summed E-state index contributed by atoms with van der Waals surface area (Å²) < 4.78 is 0. The first kappa shape index (κ1) is 15.6. The van der Waals surface area contributed by atoms with Crippen LogP contribution in [-0.2, 0) is 0 Å². The van der Waals surface area contributed by atoms with E-state index in [-0.39, 0.29) is 0 Å². The van der Waals surface area contributed by atoms with Gasteiger partial charge in [-0.15, -0.1) is 6.42 Å². The highest BCUT2D eigenvalue weighted by Gasteiger charge is 1.94. The van der Waals surface area contributed by atoms with Crippen molar-refractivity contribution >= 4 is 5.69 Å². The minimum Gasteiger partial charge on any atom is -0.385 e. The van der Waals surface area contributed by atoms with Crippen molar-refractivity contribution in [3.8, 4) is 12.3 Å². The average molecular weight is 257 g/mol. The van der Waals surface area contributed by atoms with E-state index in [1.54, 1.807) is 0 Å². The highest BCUT2D eigenvalue weighted by Crippen LogP contribution is 2.11. The Morgan fingerprint density at radius 3 is 2.37 bits per heavy atom. The van der Waals surface area contributed by atoms with Crippen molar-refractivity contribution in [3.63, 3.8) is 0 Å². The summed E-state index contributed by atoms with van der Waals surface area (Å²) in [6, 6.07) is 8.07. The summed E-state index contributed by atoms with van der Waals surface area (Å²) in [6.45, 7) is 3.31. The van der Waals surface area contributed by atoms with Crippen molar-refractivity contribution in [2.75, 3.05) is 11.9 Å². The lowest BCUT2D eigenvalue weighted by Gasteiger charge is -2.06. The molecule has 0 aromatic heterocycles. The summed E-state index contributed by atoms with van der Waals surface area (Å²) in [5.74, 6) is 2.66. The number of anilines is 1. The van der Waals surface area contributed by atoms with Crippen LogP contribution in [0.15, 0.2) is 24.3 Å². The van der Waals surface area contributed by atoms with Gasteiger partial charge in [-0.2, -0.15) is 0 Å². The first-order valence-corrected chi connectivity index (χ1v) is 7.67.